The van der Waals surface area contributed by atoms with E-state index in [0.717, 1.165) is 0 Å². The lowest BCUT2D eigenvalue weighted by molar-refractivity contribution is -0.351. The largest absolute Gasteiger partial charge is 0.496 e. The van der Waals surface area contributed by atoms with Crippen LogP contribution in [-0.2, 0) is 0 Å². The fraction of sp³-hybridized carbons (Fsp3) is 0. The van der Waals surface area contributed by atoms with Crippen molar-refractivity contribution in [1.29, 1.82) is 5.41 Å². The van der Waals surface area contributed by atoms with E-state index in [1.54, 1.807) is 0 Å². The molecule has 15 heavy (non-hydrogen) atoms. The highest BCUT2D eigenvalue weighted by Gasteiger charge is 2.23. The van der Waals surface area contributed by atoms with Gasteiger partial charge in [-0.15, -0.1) is 0 Å². The van der Waals surface area contributed by atoms with Gasteiger partial charge in [-0.05, 0) is 4.92 Å². The molecular weight excluding hydrogens is 210 g/mol. The SMILES string of the molecule is N=C(N)N(N)N.O=C1N=NC([N+](=O)[O-])=N1. The van der Waals surface area contributed by atoms with E-state index in [2.05, 4.69) is 15.2 Å². The molecule has 12 nitrogen and oxygen atoms in total. The minimum Gasteiger partial charge on any atom is -0.390 e. The van der Waals surface area contributed by atoms with Gasteiger partial charge in [0.15, 0.2) is 0 Å². The molecule has 0 atom stereocenters. The van der Waals surface area contributed by atoms with Crippen molar-refractivity contribution in [2.45, 2.75) is 0 Å². The lowest BCUT2D eigenvalue weighted by Gasteiger charge is -2.04. The molecule has 0 fully saturated rings. The summed E-state index contributed by atoms with van der Waals surface area (Å²) in [6.45, 7) is 0. The first-order valence-electron chi connectivity index (χ1n) is 3.17. The molecule has 0 bridgehead atoms. The Labute approximate surface area is 82.0 Å². The summed E-state index contributed by atoms with van der Waals surface area (Å²) in [6.07, 6.45) is 0. The molecule has 0 radical (unpaired) electrons. The van der Waals surface area contributed by atoms with Gasteiger partial charge in [0.25, 0.3) is 0 Å². The Morgan fingerprint density at radius 1 is 1.47 bits per heavy atom. The van der Waals surface area contributed by atoms with E-state index in [9.17, 15) is 14.9 Å². The molecule has 2 amide bonds. The molecular formula is C3H7N9O3. The van der Waals surface area contributed by atoms with Crippen LogP contribution in [0.2, 0.25) is 0 Å². The van der Waals surface area contributed by atoms with E-state index in [1.165, 1.54) is 0 Å². The molecule has 1 rings (SSSR count). The number of hydrogen-bond donors (Lipinski definition) is 4. The number of azo groups is 1. The minimum absolute atomic E-state index is 0.352. The van der Waals surface area contributed by atoms with E-state index in [4.69, 9.17) is 22.8 Å². The zero-order valence-corrected chi connectivity index (χ0v) is 7.19. The summed E-state index contributed by atoms with van der Waals surface area (Å²) in [7, 11) is 0. The van der Waals surface area contributed by atoms with E-state index in [-0.39, 0.29) is 5.96 Å². The zero-order valence-electron chi connectivity index (χ0n) is 7.19. The third kappa shape index (κ3) is 4.96. The Morgan fingerprint density at radius 2 is 1.93 bits per heavy atom. The summed E-state index contributed by atoms with van der Waals surface area (Å²) in [4.78, 5) is 21.7. The number of guanidine groups is 2. The van der Waals surface area contributed by atoms with Crippen molar-refractivity contribution in [3.63, 3.8) is 0 Å². The van der Waals surface area contributed by atoms with Crippen LogP contribution in [-0.4, -0.2) is 28.0 Å². The van der Waals surface area contributed by atoms with Gasteiger partial charge in [0.1, 0.15) is 0 Å². The van der Waals surface area contributed by atoms with Crippen molar-refractivity contribution < 1.29 is 9.72 Å². The number of hydrazine groups is 2. The van der Waals surface area contributed by atoms with Crippen LogP contribution < -0.4 is 17.4 Å². The summed E-state index contributed by atoms with van der Waals surface area (Å²) < 4.78 is 0. The maximum atomic E-state index is 10.0. The van der Waals surface area contributed by atoms with E-state index >= 15 is 0 Å². The van der Waals surface area contributed by atoms with Crippen molar-refractivity contribution in [2.24, 2.45) is 32.6 Å². The number of aliphatic imine (C=N–C) groups is 1. The molecule has 0 aromatic heterocycles. The molecule has 1 aliphatic heterocycles. The third-order valence-corrected chi connectivity index (χ3v) is 0.862. The summed E-state index contributed by atoms with van der Waals surface area (Å²) in [5, 5.41) is 22.3. The van der Waals surface area contributed by atoms with Crippen molar-refractivity contribution in [1.82, 2.24) is 5.12 Å². The first-order chi connectivity index (χ1) is 6.84. The van der Waals surface area contributed by atoms with Gasteiger partial charge in [0, 0.05) is 10.1 Å². The van der Waals surface area contributed by atoms with E-state index < -0.39 is 16.9 Å². The zero-order chi connectivity index (χ0) is 12.0. The maximum Gasteiger partial charge on any atom is 0.496 e. The van der Waals surface area contributed by atoms with Gasteiger partial charge in [-0.3, -0.25) is 5.41 Å². The van der Waals surface area contributed by atoms with Crippen LogP contribution >= 0.6 is 0 Å². The summed E-state index contributed by atoms with van der Waals surface area (Å²) in [6, 6.07) is -0.929. The first kappa shape index (κ1) is 12.5. The summed E-state index contributed by atoms with van der Waals surface area (Å²) in [5.41, 5.74) is 4.69. The molecule has 1 aliphatic rings. The predicted octanol–water partition coefficient (Wildman–Crippen LogP) is -1.87. The number of carbonyl (C=O) groups is 1. The van der Waals surface area contributed by atoms with Crippen LogP contribution in [0.3, 0.4) is 0 Å². The van der Waals surface area contributed by atoms with E-state index in [0.29, 0.717) is 5.12 Å². The number of nitrogens with one attached hydrogen (secondary N) is 1. The second kappa shape index (κ2) is 5.30. The Kier molecular flexibility index (Phi) is 4.43. The topological polar surface area (TPSA) is 202 Å². The Morgan fingerprint density at radius 3 is 2.07 bits per heavy atom. The number of nitro groups is 1. The molecule has 0 saturated carbocycles. The van der Waals surface area contributed by atoms with Gasteiger partial charge < -0.3 is 15.8 Å². The number of hydrogen-bond acceptors (Lipinski definition) is 7. The summed E-state index contributed by atoms with van der Waals surface area (Å²) in [5.74, 6) is 8.29. The number of rotatable bonds is 0. The van der Waals surface area contributed by atoms with Crippen molar-refractivity contribution in [3.05, 3.63) is 10.1 Å². The fourth-order valence-electron chi connectivity index (χ4n) is 0.295. The number of amides is 2. The number of nitrogens with zero attached hydrogens (tertiary/aromatic N) is 5. The van der Waals surface area contributed by atoms with Crippen LogP contribution in [0.25, 0.3) is 0 Å². The highest BCUT2D eigenvalue weighted by atomic mass is 16.6. The molecule has 82 valence electrons. The summed E-state index contributed by atoms with van der Waals surface area (Å²) >= 11 is 0. The highest BCUT2D eigenvalue weighted by Crippen LogP contribution is 1.97. The van der Waals surface area contributed by atoms with Gasteiger partial charge >= 0.3 is 12.0 Å². The number of nitrogens with two attached hydrogens (primary N) is 3. The van der Waals surface area contributed by atoms with Crippen molar-refractivity contribution >= 4 is 18.0 Å². The molecule has 0 aromatic rings. The fourth-order valence-corrected chi connectivity index (χ4v) is 0.295. The maximum absolute atomic E-state index is 10.0. The molecule has 0 saturated heterocycles. The van der Waals surface area contributed by atoms with Crippen LogP contribution in [0, 0.1) is 15.5 Å². The highest BCUT2D eigenvalue weighted by molar-refractivity contribution is 5.93. The molecule has 0 unspecified atom stereocenters. The third-order valence-electron chi connectivity index (χ3n) is 0.862. The Balaban J connectivity index is 0.000000288. The average molecular weight is 217 g/mol. The number of urea groups is 1. The van der Waals surface area contributed by atoms with Gasteiger partial charge in [0.2, 0.25) is 5.96 Å². The Bertz CT molecular complexity index is 343. The van der Waals surface area contributed by atoms with Crippen LogP contribution in [0.1, 0.15) is 0 Å². The normalized spacial score (nSPS) is 12.7. The average Bonchev–Trinajstić information content (AvgIpc) is 2.52. The van der Waals surface area contributed by atoms with Gasteiger partial charge in [-0.25, -0.2) is 21.6 Å². The van der Waals surface area contributed by atoms with E-state index in [1.807, 2.05) is 0 Å². The lowest BCUT2D eigenvalue weighted by atomic mass is 11.0. The number of carbonyl (C=O) groups excluding carboxylic acids is 1. The first-order valence-corrected chi connectivity index (χ1v) is 3.17. The second-order valence-corrected chi connectivity index (χ2v) is 1.94. The van der Waals surface area contributed by atoms with Gasteiger partial charge in [-0.1, -0.05) is 0 Å². The predicted molar refractivity (Wildman–Crippen MR) is 46.8 cm³/mol. The van der Waals surface area contributed by atoms with Crippen LogP contribution in [0.5, 0.6) is 0 Å². The molecule has 12 heteroatoms. The van der Waals surface area contributed by atoms with Crippen LogP contribution in [0.15, 0.2) is 15.2 Å². The van der Waals surface area contributed by atoms with Crippen molar-refractivity contribution in [2.75, 3.05) is 0 Å². The molecule has 1 heterocycles. The second-order valence-electron chi connectivity index (χ2n) is 1.94. The van der Waals surface area contributed by atoms with Crippen LogP contribution in [0.4, 0.5) is 4.79 Å². The molecule has 7 N–H and O–H groups in total. The molecule has 0 spiro atoms. The standard InChI is InChI=1S/C2N4O3.CH7N5/c7-2-3-1(4-5-2)6(8)9;2-1(3)6(4)5/h;4-5H2,(H3,2,3). The smallest absolute Gasteiger partial charge is 0.390 e. The monoisotopic (exact) mass is 217 g/mol. The molecule has 0 aliphatic carbocycles. The quantitative estimate of drug-likeness (QED) is 0.119. The Hall–Kier alpha value is -2.47. The molecule has 0 aromatic carbocycles. The van der Waals surface area contributed by atoms with Crippen molar-refractivity contribution in [3.8, 4) is 0 Å². The lowest BCUT2D eigenvalue weighted by Crippen LogP contribution is -2.47. The van der Waals surface area contributed by atoms with Gasteiger partial charge in [-0.2, -0.15) is 0 Å². The van der Waals surface area contributed by atoms with Gasteiger partial charge in [0.05, 0.1) is 5.11 Å². The minimum atomic E-state index is -0.929.